The summed E-state index contributed by atoms with van der Waals surface area (Å²) >= 11 is 0. The van der Waals surface area contributed by atoms with E-state index in [1.165, 1.54) is 12.1 Å². The molecule has 10 nitrogen and oxygen atoms in total. The van der Waals surface area contributed by atoms with Crippen molar-refractivity contribution >= 4 is 23.3 Å². The van der Waals surface area contributed by atoms with Crippen molar-refractivity contribution < 1.29 is 55.4 Å². The molecule has 0 aliphatic rings. The van der Waals surface area contributed by atoms with Gasteiger partial charge in [0, 0.05) is 38.2 Å². The summed E-state index contributed by atoms with van der Waals surface area (Å²) in [7, 11) is 0. The summed E-state index contributed by atoms with van der Waals surface area (Å²) in [4.78, 5) is 33.7. The smallest absolute Gasteiger partial charge is 0.313 e. The molecule has 0 bridgehead atoms. The van der Waals surface area contributed by atoms with Gasteiger partial charge in [-0.1, -0.05) is 24.3 Å². The van der Waals surface area contributed by atoms with Crippen molar-refractivity contribution in [3.63, 3.8) is 0 Å². The Kier molecular flexibility index (Phi) is 16.8. The van der Waals surface area contributed by atoms with Gasteiger partial charge in [-0.05, 0) is 78.6 Å². The predicted molar refractivity (Wildman–Crippen MR) is 140 cm³/mol. The molecule has 2 rings (SSSR count). The monoisotopic (exact) mass is 614 g/mol. The van der Waals surface area contributed by atoms with Crippen LogP contribution in [0.5, 0.6) is 0 Å². The average Bonchev–Trinajstić information content (AvgIpc) is 2.71. The Morgan fingerprint density at radius 1 is 0.757 bits per heavy atom. The van der Waals surface area contributed by atoms with Gasteiger partial charge in [0.1, 0.15) is 11.2 Å². The first kappa shape index (κ1) is 38.7. The van der Waals surface area contributed by atoms with Crippen LogP contribution in [0.3, 0.4) is 0 Å². The van der Waals surface area contributed by atoms with E-state index >= 15 is 0 Å². The zero-order valence-electron chi connectivity index (χ0n) is 22.6. The van der Waals surface area contributed by atoms with Crippen molar-refractivity contribution in [3.8, 4) is 0 Å². The topological polar surface area (TPSA) is 185 Å². The minimum atomic E-state index is -0.536. The Labute approximate surface area is 232 Å². The molecule has 212 valence electrons. The normalized spacial score (nSPS) is 12.0. The Bertz CT molecular complexity index is 982. The van der Waals surface area contributed by atoms with E-state index in [9.17, 15) is 19.7 Å². The second-order valence-electron chi connectivity index (χ2n) is 10.0. The molecular formula is C26H40N2O8Pd. The second kappa shape index (κ2) is 16.1. The van der Waals surface area contributed by atoms with Crippen LogP contribution in [0.15, 0.2) is 48.5 Å². The molecule has 0 aliphatic carbocycles. The molecule has 0 aliphatic heterocycles. The van der Waals surface area contributed by atoms with E-state index < -0.39 is 22.0 Å². The molecule has 0 saturated heterocycles. The van der Waals surface area contributed by atoms with Gasteiger partial charge in [0.2, 0.25) is 0 Å². The fourth-order valence-electron chi connectivity index (χ4n) is 2.72. The molecule has 0 heterocycles. The number of carbonyl (C=O) groups is 2. The standard InChI is InChI=1S/C13H17NO4.C13H19NO2.2H2O.Pd/c1-9(12(15)18-13(2,3)4)10-5-7-11(8-6-10)14(16)17;1-9(12(15)16-13(2,3)4)10-5-7-11(14)8-6-10;;;/h5-9H,1-4H3;5-9H,14H2,1-4H3;2*1H2;. The number of ether oxygens (including phenoxy) is 2. The molecule has 0 saturated carbocycles. The molecule has 0 aromatic heterocycles. The Hall–Kier alpha value is -2.84. The zero-order chi connectivity index (χ0) is 26.3. The largest absolute Gasteiger partial charge is 0.460 e. The molecule has 2 aromatic carbocycles. The number of non-ortho nitro benzene ring substituents is 1. The van der Waals surface area contributed by atoms with E-state index in [4.69, 9.17) is 15.2 Å². The number of nitro groups is 1. The van der Waals surface area contributed by atoms with Crippen LogP contribution >= 0.6 is 0 Å². The van der Waals surface area contributed by atoms with E-state index in [0.29, 0.717) is 11.3 Å². The molecule has 0 radical (unpaired) electrons. The van der Waals surface area contributed by atoms with E-state index in [0.717, 1.165) is 5.56 Å². The van der Waals surface area contributed by atoms with Gasteiger partial charge in [0.25, 0.3) is 5.69 Å². The van der Waals surface area contributed by atoms with Gasteiger partial charge < -0.3 is 26.2 Å². The summed E-state index contributed by atoms with van der Waals surface area (Å²) in [6.45, 7) is 14.5. The number of esters is 2. The van der Waals surface area contributed by atoms with Crippen molar-refractivity contribution in [2.75, 3.05) is 5.73 Å². The number of nitro benzene ring substituents is 1. The van der Waals surface area contributed by atoms with E-state index in [2.05, 4.69) is 0 Å². The third kappa shape index (κ3) is 14.5. The first-order chi connectivity index (χ1) is 15.5. The van der Waals surface area contributed by atoms with Gasteiger partial charge in [0.05, 0.1) is 16.8 Å². The van der Waals surface area contributed by atoms with Crippen LogP contribution in [0.4, 0.5) is 11.4 Å². The summed E-state index contributed by atoms with van der Waals surface area (Å²) in [5.41, 5.74) is 6.94. The van der Waals surface area contributed by atoms with Gasteiger partial charge in [-0.3, -0.25) is 19.7 Å². The zero-order valence-corrected chi connectivity index (χ0v) is 24.1. The van der Waals surface area contributed by atoms with Crippen molar-refractivity contribution in [2.45, 2.75) is 78.4 Å². The average molecular weight is 615 g/mol. The number of anilines is 1. The minimum Gasteiger partial charge on any atom is -0.460 e. The van der Waals surface area contributed by atoms with Gasteiger partial charge >= 0.3 is 11.9 Å². The summed E-state index contributed by atoms with van der Waals surface area (Å²) in [5, 5.41) is 10.5. The molecule has 0 spiro atoms. The first-order valence-electron chi connectivity index (χ1n) is 11.1. The van der Waals surface area contributed by atoms with Crippen LogP contribution in [-0.2, 0) is 39.5 Å². The van der Waals surface area contributed by atoms with Gasteiger partial charge in [-0.2, -0.15) is 0 Å². The number of hydrogen-bond donors (Lipinski definition) is 1. The number of hydrogen-bond acceptors (Lipinski definition) is 7. The number of nitrogen functional groups attached to an aromatic ring is 1. The second-order valence-corrected chi connectivity index (χ2v) is 10.0. The van der Waals surface area contributed by atoms with Crippen LogP contribution in [0.25, 0.3) is 0 Å². The van der Waals surface area contributed by atoms with Crippen LogP contribution in [-0.4, -0.2) is 39.0 Å². The molecule has 37 heavy (non-hydrogen) atoms. The fraction of sp³-hybridized carbons (Fsp3) is 0.462. The first-order valence-corrected chi connectivity index (χ1v) is 11.1. The Morgan fingerprint density at radius 3 is 1.32 bits per heavy atom. The van der Waals surface area contributed by atoms with Gasteiger partial charge in [0.15, 0.2) is 0 Å². The molecular weight excluding hydrogens is 575 g/mol. The van der Waals surface area contributed by atoms with Crippen LogP contribution in [0.2, 0.25) is 0 Å². The van der Waals surface area contributed by atoms with E-state index in [1.807, 2.05) is 39.8 Å². The van der Waals surface area contributed by atoms with Crippen molar-refractivity contribution in [2.24, 2.45) is 0 Å². The molecule has 11 heteroatoms. The maximum absolute atomic E-state index is 11.8. The quantitative estimate of drug-likeness (QED) is 0.173. The summed E-state index contributed by atoms with van der Waals surface area (Å²) in [5.74, 6) is -1.25. The number of nitrogens with two attached hydrogens (primary N) is 1. The summed E-state index contributed by atoms with van der Waals surface area (Å²) < 4.78 is 10.6. The third-order valence-electron chi connectivity index (χ3n) is 4.56. The predicted octanol–water partition coefficient (Wildman–Crippen LogP) is 4.10. The van der Waals surface area contributed by atoms with E-state index in [-0.39, 0.29) is 54.9 Å². The fourth-order valence-corrected chi connectivity index (χ4v) is 2.72. The number of nitrogens with zero attached hydrogens (tertiary/aromatic N) is 1. The van der Waals surface area contributed by atoms with Gasteiger partial charge in [-0.15, -0.1) is 0 Å². The maximum atomic E-state index is 11.8. The molecule has 0 amide bonds. The van der Waals surface area contributed by atoms with Crippen LogP contribution in [0, 0.1) is 10.1 Å². The van der Waals surface area contributed by atoms with Crippen molar-refractivity contribution in [3.05, 3.63) is 69.8 Å². The number of carbonyl (C=O) groups excluding carboxylic acids is 2. The Morgan fingerprint density at radius 2 is 1.05 bits per heavy atom. The SMILES string of the molecule is CC(C(=O)OC(C)(C)C)c1ccc(N)cc1.CC(C(=O)OC(C)(C)C)c1ccc([N+](=O)[O-])cc1.O.O.[Pd]. The summed E-state index contributed by atoms with van der Waals surface area (Å²) in [6.07, 6.45) is 0. The third-order valence-corrected chi connectivity index (χ3v) is 4.56. The molecule has 2 aromatic rings. The molecule has 2 unspecified atom stereocenters. The van der Waals surface area contributed by atoms with Gasteiger partial charge in [-0.25, -0.2) is 0 Å². The maximum Gasteiger partial charge on any atom is 0.313 e. The van der Waals surface area contributed by atoms with E-state index in [1.54, 1.807) is 52.0 Å². The molecule has 6 N–H and O–H groups in total. The van der Waals surface area contributed by atoms with Crippen molar-refractivity contribution in [1.82, 2.24) is 0 Å². The molecule has 0 fully saturated rings. The molecule has 2 atom stereocenters. The van der Waals surface area contributed by atoms with Crippen molar-refractivity contribution in [1.29, 1.82) is 0 Å². The minimum absolute atomic E-state index is 0. The number of benzene rings is 2. The number of rotatable bonds is 5. The van der Waals surface area contributed by atoms with Crippen LogP contribution < -0.4 is 5.73 Å². The van der Waals surface area contributed by atoms with Crippen LogP contribution in [0.1, 0.15) is 78.4 Å². The summed E-state index contributed by atoms with van der Waals surface area (Å²) in [6, 6.07) is 13.2. The Balaban J connectivity index is -0.000000581.